The lowest BCUT2D eigenvalue weighted by Gasteiger charge is -2.16. The number of carbonyl (C=O) groups excluding carboxylic acids is 2. The lowest BCUT2D eigenvalue weighted by atomic mass is 10.0. The molecule has 0 aromatic heterocycles. The number of rotatable bonds is 6. The van der Waals surface area contributed by atoms with Gasteiger partial charge in [0.05, 0.1) is 17.3 Å². The number of hydrogen-bond donors (Lipinski definition) is 3. The molecule has 0 unspecified atom stereocenters. The van der Waals surface area contributed by atoms with Crippen LogP contribution in [0.5, 0.6) is 0 Å². The molecular weight excluding hydrogens is 266 g/mol. The fraction of sp³-hybridized carbons (Fsp3) is 0.500. The van der Waals surface area contributed by atoms with Crippen molar-refractivity contribution in [1.29, 1.82) is 0 Å². The van der Waals surface area contributed by atoms with Crippen molar-refractivity contribution < 1.29 is 9.59 Å². The van der Waals surface area contributed by atoms with Crippen LogP contribution in [0.3, 0.4) is 0 Å². The topological polar surface area (TPSA) is 84.2 Å². The third-order valence-electron chi connectivity index (χ3n) is 3.40. The minimum Gasteiger partial charge on any atom is -0.349 e. The molecule has 4 N–H and O–H groups in total. The summed E-state index contributed by atoms with van der Waals surface area (Å²) in [5.41, 5.74) is 6.87. The monoisotopic (exact) mass is 289 g/mol. The average molecular weight is 289 g/mol. The summed E-state index contributed by atoms with van der Waals surface area (Å²) in [6.45, 7) is 4.04. The van der Waals surface area contributed by atoms with E-state index < -0.39 is 6.04 Å². The van der Waals surface area contributed by atoms with Crippen LogP contribution in [0.2, 0.25) is 0 Å². The minimum atomic E-state index is -0.565. The van der Waals surface area contributed by atoms with Crippen LogP contribution in [0.15, 0.2) is 24.3 Å². The summed E-state index contributed by atoms with van der Waals surface area (Å²) in [6.07, 6.45) is 2.67. The zero-order chi connectivity index (χ0) is 15.4. The Morgan fingerprint density at radius 3 is 2.57 bits per heavy atom. The molecule has 5 heteroatoms. The van der Waals surface area contributed by atoms with E-state index >= 15 is 0 Å². The van der Waals surface area contributed by atoms with Gasteiger partial charge in [0, 0.05) is 6.04 Å². The highest BCUT2D eigenvalue weighted by atomic mass is 16.2. The maximum Gasteiger partial charge on any atom is 0.253 e. The van der Waals surface area contributed by atoms with Crippen molar-refractivity contribution in [2.24, 2.45) is 11.7 Å². The molecule has 0 saturated heterocycles. The summed E-state index contributed by atoms with van der Waals surface area (Å²) in [5, 5.41) is 5.69. The first kappa shape index (κ1) is 15.5. The van der Waals surface area contributed by atoms with Gasteiger partial charge in [-0.3, -0.25) is 9.59 Å². The molecule has 1 aliphatic carbocycles. The fourth-order valence-corrected chi connectivity index (χ4v) is 2.12. The predicted molar refractivity (Wildman–Crippen MR) is 83.0 cm³/mol. The zero-order valence-corrected chi connectivity index (χ0v) is 12.6. The third kappa shape index (κ3) is 4.56. The van der Waals surface area contributed by atoms with Gasteiger partial charge in [-0.05, 0) is 37.3 Å². The Morgan fingerprint density at radius 1 is 1.29 bits per heavy atom. The first-order valence-electron chi connectivity index (χ1n) is 7.43. The lowest BCUT2D eigenvalue weighted by Crippen LogP contribution is -2.37. The van der Waals surface area contributed by atoms with Crippen molar-refractivity contribution in [3.05, 3.63) is 29.8 Å². The van der Waals surface area contributed by atoms with E-state index in [2.05, 4.69) is 10.6 Å². The summed E-state index contributed by atoms with van der Waals surface area (Å²) >= 11 is 0. The van der Waals surface area contributed by atoms with Crippen molar-refractivity contribution in [2.75, 3.05) is 5.32 Å². The van der Waals surface area contributed by atoms with E-state index in [9.17, 15) is 9.59 Å². The smallest absolute Gasteiger partial charge is 0.253 e. The van der Waals surface area contributed by atoms with Crippen molar-refractivity contribution in [3.8, 4) is 0 Å². The van der Waals surface area contributed by atoms with Crippen molar-refractivity contribution in [3.63, 3.8) is 0 Å². The molecule has 0 radical (unpaired) electrons. The number of carbonyl (C=O) groups is 2. The molecule has 21 heavy (non-hydrogen) atoms. The van der Waals surface area contributed by atoms with Gasteiger partial charge in [-0.25, -0.2) is 0 Å². The molecular formula is C16H23N3O2. The molecule has 5 nitrogen and oxygen atoms in total. The number of nitrogens with two attached hydrogens (primary N) is 1. The SMILES string of the molecule is CC(C)C[C@@H](N)C(=O)Nc1ccccc1C(=O)NC1CC1. The summed E-state index contributed by atoms with van der Waals surface area (Å²) in [5.74, 6) is -0.0552. The Labute approximate surface area is 125 Å². The number of benzene rings is 1. The summed E-state index contributed by atoms with van der Waals surface area (Å²) in [6, 6.07) is 6.72. The maximum absolute atomic E-state index is 12.2. The van der Waals surface area contributed by atoms with Gasteiger partial charge in [0.15, 0.2) is 0 Å². The Kier molecular flexibility index (Phi) is 4.96. The number of nitrogens with one attached hydrogen (secondary N) is 2. The quantitative estimate of drug-likeness (QED) is 0.747. The number of hydrogen-bond acceptors (Lipinski definition) is 3. The van der Waals surface area contributed by atoms with E-state index in [1.165, 1.54) is 0 Å². The summed E-state index contributed by atoms with van der Waals surface area (Å²) in [7, 11) is 0. The van der Waals surface area contributed by atoms with Crippen LogP contribution in [0.1, 0.15) is 43.5 Å². The summed E-state index contributed by atoms with van der Waals surface area (Å²) in [4.78, 5) is 24.2. The molecule has 2 amide bonds. The van der Waals surface area contributed by atoms with Gasteiger partial charge in [-0.2, -0.15) is 0 Å². The van der Waals surface area contributed by atoms with Gasteiger partial charge >= 0.3 is 0 Å². The zero-order valence-electron chi connectivity index (χ0n) is 12.6. The van der Waals surface area contributed by atoms with Crippen LogP contribution in [0.25, 0.3) is 0 Å². The molecule has 1 fully saturated rings. The van der Waals surface area contributed by atoms with Crippen LogP contribution >= 0.6 is 0 Å². The molecule has 0 heterocycles. The predicted octanol–water partition coefficient (Wildman–Crippen LogP) is 1.89. The van der Waals surface area contributed by atoms with Gasteiger partial charge in [0.2, 0.25) is 5.91 Å². The van der Waals surface area contributed by atoms with Crippen LogP contribution in [-0.2, 0) is 4.79 Å². The lowest BCUT2D eigenvalue weighted by molar-refractivity contribution is -0.117. The van der Waals surface area contributed by atoms with Crippen LogP contribution in [0.4, 0.5) is 5.69 Å². The van der Waals surface area contributed by atoms with Gasteiger partial charge in [-0.1, -0.05) is 26.0 Å². The average Bonchev–Trinajstić information content (AvgIpc) is 3.22. The highest BCUT2D eigenvalue weighted by Crippen LogP contribution is 2.21. The second-order valence-electron chi connectivity index (χ2n) is 6.02. The van der Waals surface area contributed by atoms with Gasteiger partial charge in [-0.15, -0.1) is 0 Å². The molecule has 1 saturated carbocycles. The van der Waals surface area contributed by atoms with E-state index in [1.807, 2.05) is 13.8 Å². The second kappa shape index (κ2) is 6.72. The molecule has 114 valence electrons. The third-order valence-corrected chi connectivity index (χ3v) is 3.40. The van der Waals surface area contributed by atoms with Gasteiger partial charge in [0.1, 0.15) is 0 Å². The van der Waals surface area contributed by atoms with E-state index in [0.29, 0.717) is 23.6 Å². The maximum atomic E-state index is 12.2. The Bertz CT molecular complexity index is 524. The van der Waals surface area contributed by atoms with E-state index in [1.54, 1.807) is 24.3 Å². The van der Waals surface area contributed by atoms with E-state index in [4.69, 9.17) is 5.73 Å². The molecule has 0 bridgehead atoms. The first-order valence-corrected chi connectivity index (χ1v) is 7.43. The largest absolute Gasteiger partial charge is 0.349 e. The van der Waals surface area contributed by atoms with Crippen molar-refractivity contribution in [1.82, 2.24) is 5.32 Å². The van der Waals surface area contributed by atoms with Crippen LogP contribution in [-0.4, -0.2) is 23.9 Å². The molecule has 0 aliphatic heterocycles. The van der Waals surface area contributed by atoms with E-state index in [-0.39, 0.29) is 17.9 Å². The number of amides is 2. The Balaban J connectivity index is 2.05. The first-order chi connectivity index (χ1) is 9.97. The number of anilines is 1. The Hall–Kier alpha value is -1.88. The second-order valence-corrected chi connectivity index (χ2v) is 6.02. The van der Waals surface area contributed by atoms with E-state index in [0.717, 1.165) is 12.8 Å². The van der Waals surface area contributed by atoms with Gasteiger partial charge < -0.3 is 16.4 Å². The highest BCUT2D eigenvalue weighted by Gasteiger charge is 2.25. The standard InChI is InChI=1S/C16H23N3O2/c1-10(2)9-13(17)16(21)19-14-6-4-3-5-12(14)15(20)18-11-7-8-11/h3-6,10-11,13H,7-9,17H2,1-2H3,(H,18,20)(H,19,21)/t13-/m1/s1. The molecule has 1 aromatic carbocycles. The molecule has 1 aromatic rings. The molecule has 1 atom stereocenters. The van der Waals surface area contributed by atoms with Crippen molar-refractivity contribution >= 4 is 17.5 Å². The highest BCUT2D eigenvalue weighted by molar-refractivity contribution is 6.04. The molecule has 0 spiro atoms. The number of para-hydroxylation sites is 1. The van der Waals surface area contributed by atoms with Crippen LogP contribution in [0, 0.1) is 5.92 Å². The Morgan fingerprint density at radius 2 is 1.95 bits per heavy atom. The van der Waals surface area contributed by atoms with Crippen LogP contribution < -0.4 is 16.4 Å². The minimum absolute atomic E-state index is 0.147. The van der Waals surface area contributed by atoms with Gasteiger partial charge in [0.25, 0.3) is 5.91 Å². The van der Waals surface area contributed by atoms with Crippen molar-refractivity contribution in [2.45, 2.75) is 45.2 Å². The fourth-order valence-electron chi connectivity index (χ4n) is 2.12. The summed E-state index contributed by atoms with van der Waals surface area (Å²) < 4.78 is 0. The molecule has 1 aliphatic rings. The molecule has 2 rings (SSSR count). The normalized spacial score (nSPS) is 15.6.